The Labute approximate surface area is 201 Å². The van der Waals surface area contributed by atoms with E-state index in [1.165, 1.54) is 23.9 Å². The topological polar surface area (TPSA) is 85.4 Å². The molecule has 1 atom stereocenters. The molecule has 1 aliphatic rings. The molecule has 1 fully saturated rings. The molecule has 5 aromatic rings. The number of benzene rings is 2. The van der Waals surface area contributed by atoms with Gasteiger partial charge in [-0.2, -0.15) is 18.2 Å². The molecule has 0 aliphatic heterocycles. The SMILES string of the molecule is CC(Sc1nnc(-c2c[nH]c3ccccc23)n1C1CC1)c1nc(-c2cccc(C(F)(F)F)c2)no1. The van der Waals surface area contributed by atoms with Gasteiger partial charge >= 0.3 is 6.18 Å². The van der Waals surface area contributed by atoms with E-state index in [4.69, 9.17) is 4.52 Å². The number of hydrogen-bond acceptors (Lipinski definition) is 6. The van der Waals surface area contributed by atoms with Crippen LogP contribution in [0.3, 0.4) is 0 Å². The summed E-state index contributed by atoms with van der Waals surface area (Å²) < 4.78 is 46.8. The van der Waals surface area contributed by atoms with Gasteiger partial charge in [-0.25, -0.2) is 0 Å². The summed E-state index contributed by atoms with van der Waals surface area (Å²) in [4.78, 5) is 7.65. The Bertz CT molecular complexity index is 1520. The number of aromatic amines is 1. The zero-order valence-corrected chi connectivity index (χ0v) is 19.3. The van der Waals surface area contributed by atoms with Crippen molar-refractivity contribution in [2.45, 2.75) is 42.4 Å². The molecule has 0 amide bonds. The van der Waals surface area contributed by atoms with Gasteiger partial charge in [0.25, 0.3) is 0 Å². The molecule has 7 nitrogen and oxygen atoms in total. The minimum atomic E-state index is -4.44. The molecule has 2 aromatic carbocycles. The molecular formula is C24H19F3N6OS. The molecule has 0 spiro atoms. The van der Waals surface area contributed by atoms with E-state index in [-0.39, 0.29) is 16.6 Å². The summed E-state index contributed by atoms with van der Waals surface area (Å²) in [5.41, 5.74) is 1.51. The van der Waals surface area contributed by atoms with E-state index in [9.17, 15) is 13.2 Å². The number of nitrogens with one attached hydrogen (secondary N) is 1. The first-order valence-electron chi connectivity index (χ1n) is 11.1. The number of nitrogens with zero attached hydrogens (tertiary/aromatic N) is 5. The van der Waals surface area contributed by atoms with Crippen molar-refractivity contribution >= 4 is 22.7 Å². The Kier molecular flexibility index (Phi) is 5.17. The average molecular weight is 497 g/mol. The second kappa shape index (κ2) is 8.26. The third-order valence-corrected chi connectivity index (χ3v) is 6.97. The number of rotatable bonds is 6. The predicted octanol–water partition coefficient (Wildman–Crippen LogP) is 6.68. The fourth-order valence-electron chi connectivity index (χ4n) is 4.02. The van der Waals surface area contributed by atoms with Crippen LogP contribution < -0.4 is 0 Å². The van der Waals surface area contributed by atoms with Crippen LogP contribution in [-0.2, 0) is 6.18 Å². The number of H-pyrrole nitrogens is 1. The van der Waals surface area contributed by atoms with Crippen molar-refractivity contribution in [2.75, 3.05) is 0 Å². The number of para-hydroxylation sites is 1. The molecule has 11 heteroatoms. The first-order chi connectivity index (χ1) is 16.9. The maximum atomic E-state index is 13.1. The smallest absolute Gasteiger partial charge is 0.360 e. The predicted molar refractivity (Wildman–Crippen MR) is 125 cm³/mol. The Balaban J connectivity index is 1.28. The zero-order chi connectivity index (χ0) is 24.2. The molecule has 0 saturated heterocycles. The molecule has 1 saturated carbocycles. The number of thioether (sulfide) groups is 1. The van der Waals surface area contributed by atoms with Gasteiger partial charge in [0.05, 0.1) is 10.8 Å². The van der Waals surface area contributed by atoms with Crippen LogP contribution in [0.15, 0.2) is 64.4 Å². The van der Waals surface area contributed by atoms with E-state index < -0.39 is 11.7 Å². The van der Waals surface area contributed by atoms with Crippen molar-refractivity contribution in [3.05, 3.63) is 66.2 Å². The summed E-state index contributed by atoms with van der Waals surface area (Å²) in [5, 5.41) is 14.4. The lowest BCUT2D eigenvalue weighted by atomic mass is 10.1. The highest BCUT2D eigenvalue weighted by atomic mass is 32.2. The molecular weight excluding hydrogens is 477 g/mol. The third-order valence-electron chi connectivity index (χ3n) is 5.93. The summed E-state index contributed by atoms with van der Waals surface area (Å²) in [6, 6.07) is 13.3. The average Bonchev–Trinajstić information content (AvgIpc) is 3.23. The van der Waals surface area contributed by atoms with Crippen molar-refractivity contribution in [3.63, 3.8) is 0 Å². The normalized spacial score (nSPS) is 15.1. The van der Waals surface area contributed by atoms with Gasteiger partial charge in [0.1, 0.15) is 0 Å². The van der Waals surface area contributed by atoms with Gasteiger partial charge in [0.2, 0.25) is 11.7 Å². The highest BCUT2D eigenvalue weighted by Gasteiger charge is 2.33. The van der Waals surface area contributed by atoms with Crippen LogP contribution in [0.2, 0.25) is 0 Å². The van der Waals surface area contributed by atoms with E-state index in [2.05, 4.69) is 36.0 Å². The lowest BCUT2D eigenvalue weighted by molar-refractivity contribution is -0.137. The standard InChI is InChI=1S/C24H19F3N6OS/c1-13(22-29-20(32-34-22)14-5-4-6-15(11-14)24(25,26)27)35-23-31-30-21(33(23)16-9-10-16)18-12-28-19-8-3-2-7-17(18)19/h2-8,11-13,16,28H,9-10H2,1H3. The van der Waals surface area contributed by atoms with Crippen LogP contribution in [0.4, 0.5) is 13.2 Å². The first kappa shape index (κ1) is 21.9. The molecule has 1 unspecified atom stereocenters. The summed E-state index contributed by atoms with van der Waals surface area (Å²) in [6.45, 7) is 1.89. The Morgan fingerprint density at radius 3 is 2.74 bits per heavy atom. The highest BCUT2D eigenvalue weighted by molar-refractivity contribution is 7.99. The quantitative estimate of drug-likeness (QED) is 0.264. The molecule has 1 aliphatic carbocycles. The monoisotopic (exact) mass is 496 g/mol. The zero-order valence-electron chi connectivity index (χ0n) is 18.5. The number of aromatic nitrogens is 6. The minimum Gasteiger partial charge on any atom is -0.360 e. The van der Waals surface area contributed by atoms with Crippen LogP contribution in [0.25, 0.3) is 33.7 Å². The summed E-state index contributed by atoms with van der Waals surface area (Å²) in [6.07, 6.45) is -0.392. The van der Waals surface area contributed by atoms with E-state index in [1.54, 1.807) is 0 Å². The number of alkyl halides is 3. The molecule has 35 heavy (non-hydrogen) atoms. The van der Waals surface area contributed by atoms with Crippen molar-refractivity contribution in [1.29, 1.82) is 0 Å². The van der Waals surface area contributed by atoms with Gasteiger partial charge in [-0.15, -0.1) is 10.2 Å². The van der Waals surface area contributed by atoms with E-state index >= 15 is 0 Å². The maximum absolute atomic E-state index is 13.1. The van der Waals surface area contributed by atoms with Crippen molar-refractivity contribution < 1.29 is 17.7 Å². The van der Waals surface area contributed by atoms with Crippen molar-refractivity contribution in [3.8, 4) is 22.8 Å². The number of halogens is 3. The Morgan fingerprint density at radius 2 is 1.94 bits per heavy atom. The van der Waals surface area contributed by atoms with Crippen molar-refractivity contribution in [2.24, 2.45) is 0 Å². The Hall–Kier alpha value is -3.60. The summed E-state index contributed by atoms with van der Waals surface area (Å²) in [7, 11) is 0. The van der Waals surface area contributed by atoms with Crippen LogP contribution in [0.1, 0.15) is 42.5 Å². The van der Waals surface area contributed by atoms with Gasteiger partial charge in [0.15, 0.2) is 11.0 Å². The minimum absolute atomic E-state index is 0.113. The van der Waals surface area contributed by atoms with Gasteiger partial charge < -0.3 is 9.51 Å². The van der Waals surface area contributed by atoms with Gasteiger partial charge in [-0.3, -0.25) is 4.57 Å². The summed E-state index contributed by atoms with van der Waals surface area (Å²) >= 11 is 1.43. The first-order valence-corrected chi connectivity index (χ1v) is 12.0. The van der Waals surface area contributed by atoms with Crippen LogP contribution in [0.5, 0.6) is 0 Å². The largest absolute Gasteiger partial charge is 0.416 e. The second-order valence-corrected chi connectivity index (χ2v) is 9.76. The fraction of sp³-hybridized carbons (Fsp3) is 0.250. The molecule has 1 N–H and O–H groups in total. The van der Waals surface area contributed by atoms with Gasteiger partial charge in [0, 0.05) is 34.3 Å². The molecule has 6 rings (SSSR count). The summed E-state index contributed by atoms with van der Waals surface area (Å²) in [5.74, 6) is 1.22. The molecule has 0 radical (unpaired) electrons. The molecule has 178 valence electrons. The lowest BCUT2D eigenvalue weighted by Crippen LogP contribution is -2.04. The molecule has 0 bridgehead atoms. The molecule has 3 aromatic heterocycles. The van der Waals surface area contributed by atoms with E-state index in [0.29, 0.717) is 11.9 Å². The van der Waals surface area contributed by atoms with Crippen LogP contribution >= 0.6 is 11.8 Å². The number of hydrogen-bond donors (Lipinski definition) is 1. The van der Waals surface area contributed by atoms with Gasteiger partial charge in [-0.1, -0.05) is 47.3 Å². The number of fused-ring (bicyclic) bond motifs is 1. The van der Waals surface area contributed by atoms with Crippen LogP contribution in [0, 0.1) is 0 Å². The Morgan fingerprint density at radius 1 is 1.11 bits per heavy atom. The van der Waals surface area contributed by atoms with Gasteiger partial charge in [-0.05, 0) is 38.0 Å². The molecule has 3 heterocycles. The third kappa shape index (κ3) is 4.09. The highest BCUT2D eigenvalue weighted by Crippen LogP contribution is 2.44. The van der Waals surface area contributed by atoms with Crippen LogP contribution in [-0.4, -0.2) is 29.9 Å². The lowest BCUT2D eigenvalue weighted by Gasteiger charge is -2.10. The van der Waals surface area contributed by atoms with E-state index in [0.717, 1.165) is 52.4 Å². The van der Waals surface area contributed by atoms with Crippen molar-refractivity contribution in [1.82, 2.24) is 29.9 Å². The second-order valence-electron chi connectivity index (χ2n) is 8.45. The van der Waals surface area contributed by atoms with E-state index in [1.807, 2.05) is 31.3 Å². The fourth-order valence-corrected chi connectivity index (χ4v) is 4.97. The maximum Gasteiger partial charge on any atom is 0.416 e.